The fourth-order valence-corrected chi connectivity index (χ4v) is 3.62. The lowest BCUT2D eigenvalue weighted by molar-refractivity contribution is 0.795. The summed E-state index contributed by atoms with van der Waals surface area (Å²) in [4.78, 5) is 9.20. The maximum atomic E-state index is 9.60. The highest BCUT2D eigenvalue weighted by atomic mass is 32.1. The number of imidazole rings is 1. The summed E-state index contributed by atoms with van der Waals surface area (Å²) in [6.45, 7) is 0. The van der Waals surface area contributed by atoms with Gasteiger partial charge in [-0.05, 0) is 30.0 Å². The van der Waals surface area contributed by atoms with Crippen LogP contribution in [-0.2, 0) is 5.41 Å². The fourth-order valence-electron chi connectivity index (χ4n) is 2.70. The van der Waals surface area contributed by atoms with Crippen LogP contribution in [0.4, 0.5) is 0 Å². The van der Waals surface area contributed by atoms with Gasteiger partial charge in [-0.1, -0.05) is 18.2 Å². The number of rotatable bonds is 2. The van der Waals surface area contributed by atoms with Crippen LogP contribution in [0.5, 0.6) is 0 Å². The van der Waals surface area contributed by atoms with Gasteiger partial charge in [0.1, 0.15) is 11.2 Å². The van der Waals surface area contributed by atoms with Crippen molar-refractivity contribution in [1.82, 2.24) is 9.97 Å². The SMILES string of the molecule is N#C[C@@]1(c2nc3ccccc3[nH]2)C[C@@H]1c1cccs1. The molecule has 1 aliphatic carbocycles. The van der Waals surface area contributed by atoms with Gasteiger partial charge in [0, 0.05) is 10.8 Å². The van der Waals surface area contributed by atoms with E-state index in [1.54, 1.807) is 11.3 Å². The Morgan fingerprint density at radius 1 is 1.32 bits per heavy atom. The minimum Gasteiger partial charge on any atom is -0.341 e. The van der Waals surface area contributed by atoms with Crippen molar-refractivity contribution in [1.29, 1.82) is 5.26 Å². The van der Waals surface area contributed by atoms with Crippen molar-refractivity contribution in [2.45, 2.75) is 17.8 Å². The molecule has 2 atom stereocenters. The van der Waals surface area contributed by atoms with Gasteiger partial charge in [-0.3, -0.25) is 0 Å². The second kappa shape index (κ2) is 3.69. The summed E-state index contributed by atoms with van der Waals surface area (Å²) in [6, 6.07) is 14.6. The van der Waals surface area contributed by atoms with Gasteiger partial charge < -0.3 is 4.98 Å². The molecular weight excluding hydrogens is 254 g/mol. The van der Waals surface area contributed by atoms with E-state index < -0.39 is 5.41 Å². The van der Waals surface area contributed by atoms with Crippen molar-refractivity contribution in [3.63, 3.8) is 0 Å². The molecule has 1 saturated carbocycles. The van der Waals surface area contributed by atoms with Crippen LogP contribution in [0.1, 0.15) is 23.0 Å². The Kier molecular flexibility index (Phi) is 2.09. The molecular formula is C15H11N3S. The number of nitrogens with zero attached hydrogens (tertiary/aromatic N) is 2. The lowest BCUT2D eigenvalue weighted by Crippen LogP contribution is -2.08. The van der Waals surface area contributed by atoms with E-state index in [0.29, 0.717) is 0 Å². The van der Waals surface area contributed by atoms with Gasteiger partial charge in [-0.2, -0.15) is 5.26 Å². The lowest BCUT2D eigenvalue weighted by atomic mass is 10.0. The van der Waals surface area contributed by atoms with Crippen LogP contribution in [0, 0.1) is 11.3 Å². The average Bonchev–Trinajstić information content (AvgIpc) is 2.85. The Morgan fingerprint density at radius 2 is 2.21 bits per heavy atom. The van der Waals surface area contributed by atoms with Crippen molar-refractivity contribution in [3.05, 3.63) is 52.5 Å². The van der Waals surface area contributed by atoms with Gasteiger partial charge in [0.25, 0.3) is 0 Å². The summed E-state index contributed by atoms with van der Waals surface area (Å²) in [5.74, 6) is 1.10. The third-order valence-electron chi connectivity index (χ3n) is 3.86. The number of aromatic nitrogens is 2. The molecule has 92 valence electrons. The van der Waals surface area contributed by atoms with E-state index in [1.807, 2.05) is 30.3 Å². The molecule has 4 heteroatoms. The van der Waals surface area contributed by atoms with Gasteiger partial charge in [0.15, 0.2) is 0 Å². The molecule has 0 amide bonds. The molecule has 2 heterocycles. The maximum absolute atomic E-state index is 9.60. The van der Waals surface area contributed by atoms with E-state index in [1.165, 1.54) is 4.88 Å². The smallest absolute Gasteiger partial charge is 0.128 e. The maximum Gasteiger partial charge on any atom is 0.128 e. The molecule has 19 heavy (non-hydrogen) atoms. The predicted molar refractivity (Wildman–Crippen MR) is 75.1 cm³/mol. The second-order valence-corrected chi connectivity index (χ2v) is 5.94. The van der Waals surface area contributed by atoms with Crippen LogP contribution >= 0.6 is 11.3 Å². The molecule has 0 saturated heterocycles. The minimum absolute atomic E-state index is 0.290. The molecule has 0 aliphatic heterocycles. The van der Waals surface area contributed by atoms with Gasteiger partial charge in [-0.15, -0.1) is 11.3 Å². The molecule has 0 spiro atoms. The zero-order chi connectivity index (χ0) is 12.9. The first kappa shape index (κ1) is 10.8. The number of para-hydroxylation sites is 2. The van der Waals surface area contributed by atoms with E-state index in [2.05, 4.69) is 27.5 Å². The molecule has 1 fully saturated rings. The molecule has 1 N–H and O–H groups in total. The molecule has 4 rings (SSSR count). The van der Waals surface area contributed by atoms with E-state index in [-0.39, 0.29) is 5.92 Å². The molecule has 1 aromatic carbocycles. The Labute approximate surface area is 114 Å². The number of fused-ring (bicyclic) bond motifs is 1. The third kappa shape index (κ3) is 1.45. The lowest BCUT2D eigenvalue weighted by Gasteiger charge is -2.03. The quantitative estimate of drug-likeness (QED) is 0.770. The van der Waals surface area contributed by atoms with Crippen molar-refractivity contribution >= 4 is 22.4 Å². The first-order valence-corrected chi connectivity index (χ1v) is 7.11. The molecule has 2 aromatic heterocycles. The number of nitrogens with one attached hydrogen (secondary N) is 1. The Hall–Kier alpha value is -2.12. The summed E-state index contributed by atoms with van der Waals surface area (Å²) in [5, 5.41) is 11.7. The number of thiophene rings is 1. The number of aromatic amines is 1. The van der Waals surface area contributed by atoms with Crippen molar-refractivity contribution in [2.24, 2.45) is 0 Å². The van der Waals surface area contributed by atoms with Crippen molar-refractivity contribution in [3.8, 4) is 6.07 Å². The molecule has 0 radical (unpaired) electrons. The zero-order valence-electron chi connectivity index (χ0n) is 10.1. The summed E-state index contributed by atoms with van der Waals surface area (Å²) in [7, 11) is 0. The van der Waals surface area contributed by atoms with Crippen LogP contribution < -0.4 is 0 Å². The molecule has 0 bridgehead atoms. The topological polar surface area (TPSA) is 52.5 Å². The number of benzene rings is 1. The highest BCUT2D eigenvalue weighted by Crippen LogP contribution is 2.60. The van der Waals surface area contributed by atoms with Gasteiger partial charge in [0.2, 0.25) is 0 Å². The number of hydrogen-bond acceptors (Lipinski definition) is 3. The predicted octanol–water partition coefficient (Wildman–Crippen LogP) is 3.57. The normalized spacial score (nSPS) is 25.3. The fraction of sp³-hybridized carbons (Fsp3) is 0.200. The van der Waals surface area contributed by atoms with Gasteiger partial charge >= 0.3 is 0 Å². The molecule has 3 nitrogen and oxygen atoms in total. The van der Waals surface area contributed by atoms with Crippen LogP contribution in [0.3, 0.4) is 0 Å². The highest BCUT2D eigenvalue weighted by Gasteiger charge is 2.59. The number of nitriles is 1. The third-order valence-corrected chi connectivity index (χ3v) is 4.84. The first-order chi connectivity index (χ1) is 9.33. The summed E-state index contributed by atoms with van der Waals surface area (Å²) < 4.78 is 0. The minimum atomic E-state index is -0.454. The van der Waals surface area contributed by atoms with Crippen LogP contribution in [0.2, 0.25) is 0 Å². The zero-order valence-corrected chi connectivity index (χ0v) is 10.9. The van der Waals surface area contributed by atoms with Crippen molar-refractivity contribution < 1.29 is 0 Å². The Bertz CT molecular complexity index is 748. The van der Waals surface area contributed by atoms with Gasteiger partial charge in [-0.25, -0.2) is 4.98 Å². The van der Waals surface area contributed by atoms with Gasteiger partial charge in [0.05, 0.1) is 17.1 Å². The summed E-state index contributed by atoms with van der Waals surface area (Å²) >= 11 is 1.72. The molecule has 3 aromatic rings. The largest absolute Gasteiger partial charge is 0.341 e. The molecule has 1 aliphatic rings. The first-order valence-electron chi connectivity index (χ1n) is 6.23. The van der Waals surface area contributed by atoms with Crippen LogP contribution in [-0.4, -0.2) is 9.97 Å². The number of hydrogen-bond donors (Lipinski definition) is 1. The summed E-state index contributed by atoms with van der Waals surface area (Å²) in [5.41, 5.74) is 1.48. The van der Waals surface area contributed by atoms with E-state index >= 15 is 0 Å². The van der Waals surface area contributed by atoms with E-state index in [9.17, 15) is 5.26 Å². The standard InChI is InChI=1S/C15H11N3S/c16-9-15(8-10(15)13-6-3-7-19-13)14-17-11-4-1-2-5-12(11)18-14/h1-7,10H,8H2,(H,17,18)/t10-,15+/m1/s1. The van der Waals surface area contributed by atoms with E-state index in [0.717, 1.165) is 23.3 Å². The highest BCUT2D eigenvalue weighted by molar-refractivity contribution is 7.10. The Balaban J connectivity index is 1.81. The monoisotopic (exact) mass is 265 g/mol. The van der Waals surface area contributed by atoms with E-state index in [4.69, 9.17) is 0 Å². The second-order valence-electron chi connectivity index (χ2n) is 4.96. The number of H-pyrrole nitrogens is 1. The summed E-state index contributed by atoms with van der Waals surface area (Å²) in [6.07, 6.45) is 0.865. The average molecular weight is 265 g/mol. The molecule has 0 unspecified atom stereocenters. The van der Waals surface area contributed by atoms with Crippen molar-refractivity contribution in [2.75, 3.05) is 0 Å². The Morgan fingerprint density at radius 3 is 2.95 bits per heavy atom. The van der Waals surface area contributed by atoms with Crippen LogP contribution in [0.25, 0.3) is 11.0 Å². The van der Waals surface area contributed by atoms with Crippen LogP contribution in [0.15, 0.2) is 41.8 Å².